The number of esters is 1. The van der Waals surface area contributed by atoms with Gasteiger partial charge in [0.15, 0.2) is 0 Å². The fourth-order valence-electron chi connectivity index (χ4n) is 4.05. The summed E-state index contributed by atoms with van der Waals surface area (Å²) in [5.74, 6) is -2.69. The SMILES string of the molecule is COC(=O)C(CCCCNC(=O)NC(c1ccccc1)c1ccccc1)NC(=O)CC(=O)Nc1ccccc1F. The van der Waals surface area contributed by atoms with Gasteiger partial charge in [0.25, 0.3) is 0 Å². The van der Waals surface area contributed by atoms with Crippen LogP contribution in [0, 0.1) is 5.82 Å². The summed E-state index contributed by atoms with van der Waals surface area (Å²) in [6.45, 7) is 0.342. The molecule has 3 aromatic rings. The van der Waals surface area contributed by atoms with E-state index < -0.39 is 36.1 Å². The molecule has 40 heavy (non-hydrogen) atoms. The minimum absolute atomic E-state index is 0.0415. The Morgan fingerprint density at radius 1 is 0.775 bits per heavy atom. The van der Waals surface area contributed by atoms with E-state index in [1.165, 1.54) is 25.3 Å². The zero-order valence-corrected chi connectivity index (χ0v) is 22.2. The molecule has 3 rings (SSSR count). The molecule has 9 nitrogen and oxygen atoms in total. The smallest absolute Gasteiger partial charge is 0.328 e. The molecule has 3 aromatic carbocycles. The van der Waals surface area contributed by atoms with Crippen LogP contribution in [-0.2, 0) is 19.1 Å². The highest BCUT2D eigenvalue weighted by molar-refractivity contribution is 6.04. The number of ether oxygens (including phenoxy) is 1. The fraction of sp³-hybridized carbons (Fsp3) is 0.267. The molecule has 1 unspecified atom stereocenters. The van der Waals surface area contributed by atoms with Gasteiger partial charge in [0.05, 0.1) is 18.8 Å². The van der Waals surface area contributed by atoms with Crippen molar-refractivity contribution in [2.75, 3.05) is 19.0 Å². The number of urea groups is 1. The van der Waals surface area contributed by atoms with Gasteiger partial charge in [0, 0.05) is 6.54 Å². The highest BCUT2D eigenvalue weighted by Gasteiger charge is 2.23. The Morgan fingerprint density at radius 2 is 1.38 bits per heavy atom. The maximum Gasteiger partial charge on any atom is 0.328 e. The van der Waals surface area contributed by atoms with Crippen molar-refractivity contribution in [3.8, 4) is 0 Å². The first-order valence-corrected chi connectivity index (χ1v) is 12.9. The number of hydrogen-bond acceptors (Lipinski definition) is 5. The van der Waals surface area contributed by atoms with Gasteiger partial charge in [-0.15, -0.1) is 0 Å². The zero-order valence-electron chi connectivity index (χ0n) is 22.2. The van der Waals surface area contributed by atoms with E-state index in [0.717, 1.165) is 11.1 Å². The molecule has 0 bridgehead atoms. The number of benzene rings is 3. The summed E-state index contributed by atoms with van der Waals surface area (Å²) >= 11 is 0. The number of para-hydroxylation sites is 1. The monoisotopic (exact) mass is 548 g/mol. The second-order valence-electron chi connectivity index (χ2n) is 9.00. The Kier molecular flexibility index (Phi) is 11.6. The van der Waals surface area contributed by atoms with E-state index in [1.807, 2.05) is 60.7 Å². The van der Waals surface area contributed by atoms with Gasteiger partial charge in [0.1, 0.15) is 18.3 Å². The van der Waals surface area contributed by atoms with Crippen LogP contribution in [0.25, 0.3) is 0 Å². The number of halogens is 1. The third-order valence-corrected chi connectivity index (χ3v) is 6.04. The number of amides is 4. The lowest BCUT2D eigenvalue weighted by Crippen LogP contribution is -2.42. The van der Waals surface area contributed by atoms with Gasteiger partial charge < -0.3 is 26.0 Å². The van der Waals surface area contributed by atoms with Crippen molar-refractivity contribution in [3.05, 3.63) is 102 Å². The van der Waals surface area contributed by atoms with E-state index in [-0.39, 0.29) is 24.2 Å². The number of rotatable bonds is 13. The molecule has 0 saturated carbocycles. The maximum atomic E-state index is 13.7. The van der Waals surface area contributed by atoms with Crippen molar-refractivity contribution < 1.29 is 28.3 Å². The van der Waals surface area contributed by atoms with Gasteiger partial charge in [0.2, 0.25) is 11.8 Å². The molecular formula is C30H33FN4O5. The van der Waals surface area contributed by atoms with Crippen molar-refractivity contribution >= 4 is 29.5 Å². The summed E-state index contributed by atoms with van der Waals surface area (Å²) in [5, 5.41) is 10.6. The lowest BCUT2D eigenvalue weighted by Gasteiger charge is -2.20. The molecule has 0 saturated heterocycles. The maximum absolute atomic E-state index is 13.7. The lowest BCUT2D eigenvalue weighted by atomic mass is 9.99. The first kappa shape index (κ1) is 29.8. The molecular weight excluding hydrogens is 515 g/mol. The highest BCUT2D eigenvalue weighted by atomic mass is 19.1. The van der Waals surface area contributed by atoms with Crippen LogP contribution in [0.3, 0.4) is 0 Å². The largest absolute Gasteiger partial charge is 0.467 e. The van der Waals surface area contributed by atoms with Crippen molar-refractivity contribution in [1.29, 1.82) is 0 Å². The van der Waals surface area contributed by atoms with Gasteiger partial charge in [-0.1, -0.05) is 72.8 Å². The van der Waals surface area contributed by atoms with Crippen molar-refractivity contribution in [2.45, 2.75) is 37.8 Å². The number of nitrogens with one attached hydrogen (secondary N) is 4. The Morgan fingerprint density at radius 3 is 1.98 bits per heavy atom. The molecule has 0 heterocycles. The Bertz CT molecular complexity index is 1230. The fourth-order valence-corrected chi connectivity index (χ4v) is 4.05. The summed E-state index contributed by atoms with van der Waals surface area (Å²) in [4.78, 5) is 49.3. The Labute approximate surface area is 232 Å². The van der Waals surface area contributed by atoms with E-state index in [2.05, 4.69) is 21.3 Å². The predicted molar refractivity (Wildman–Crippen MR) is 149 cm³/mol. The number of carbonyl (C=O) groups is 4. The molecule has 10 heteroatoms. The second kappa shape index (κ2) is 15.6. The van der Waals surface area contributed by atoms with Crippen molar-refractivity contribution in [1.82, 2.24) is 16.0 Å². The quantitative estimate of drug-likeness (QED) is 0.146. The Balaban J connectivity index is 1.43. The van der Waals surface area contributed by atoms with E-state index in [4.69, 9.17) is 4.74 Å². The van der Waals surface area contributed by atoms with Crippen LogP contribution in [0.2, 0.25) is 0 Å². The van der Waals surface area contributed by atoms with Crippen LogP contribution in [0.4, 0.5) is 14.9 Å². The van der Waals surface area contributed by atoms with Crippen LogP contribution < -0.4 is 21.3 Å². The summed E-state index contributed by atoms with van der Waals surface area (Å²) in [5.41, 5.74) is 1.85. The van der Waals surface area contributed by atoms with Crippen molar-refractivity contribution in [3.63, 3.8) is 0 Å². The van der Waals surface area contributed by atoms with E-state index in [1.54, 1.807) is 6.07 Å². The molecule has 0 aliphatic carbocycles. The lowest BCUT2D eigenvalue weighted by molar-refractivity contribution is -0.145. The molecule has 1 atom stereocenters. The summed E-state index contributed by atoms with van der Waals surface area (Å²) < 4.78 is 18.5. The summed E-state index contributed by atoms with van der Waals surface area (Å²) in [6.07, 6.45) is 0.676. The average molecular weight is 549 g/mol. The number of methoxy groups -OCH3 is 1. The molecule has 0 aromatic heterocycles. The zero-order chi connectivity index (χ0) is 28.7. The molecule has 0 aliphatic rings. The first-order chi connectivity index (χ1) is 19.4. The van der Waals surface area contributed by atoms with E-state index >= 15 is 0 Å². The summed E-state index contributed by atoms with van der Waals surface area (Å²) in [7, 11) is 1.20. The number of unbranched alkanes of at least 4 members (excludes halogenated alkanes) is 1. The molecule has 0 aliphatic heterocycles. The normalized spacial score (nSPS) is 11.3. The van der Waals surface area contributed by atoms with E-state index in [9.17, 15) is 23.6 Å². The molecule has 0 fully saturated rings. The first-order valence-electron chi connectivity index (χ1n) is 12.9. The number of anilines is 1. The minimum atomic E-state index is -0.965. The van der Waals surface area contributed by atoms with Crippen LogP contribution in [-0.4, -0.2) is 43.5 Å². The third kappa shape index (κ3) is 9.54. The molecule has 0 spiro atoms. The minimum Gasteiger partial charge on any atom is -0.467 e. The van der Waals surface area contributed by atoms with Crippen LogP contribution in [0.5, 0.6) is 0 Å². The van der Waals surface area contributed by atoms with Crippen LogP contribution in [0.1, 0.15) is 42.9 Å². The van der Waals surface area contributed by atoms with Gasteiger partial charge in [-0.3, -0.25) is 9.59 Å². The second-order valence-corrected chi connectivity index (χ2v) is 9.00. The topological polar surface area (TPSA) is 126 Å². The molecule has 4 N–H and O–H groups in total. The molecule has 0 radical (unpaired) electrons. The van der Waals surface area contributed by atoms with Crippen molar-refractivity contribution in [2.24, 2.45) is 0 Å². The third-order valence-electron chi connectivity index (χ3n) is 6.04. The van der Waals surface area contributed by atoms with Gasteiger partial charge in [-0.2, -0.15) is 0 Å². The molecule has 4 amide bonds. The predicted octanol–water partition coefficient (Wildman–Crippen LogP) is 4.07. The van der Waals surface area contributed by atoms with Crippen LogP contribution in [0.15, 0.2) is 84.9 Å². The number of hydrogen-bond donors (Lipinski definition) is 4. The Hall–Kier alpha value is -4.73. The molecule has 210 valence electrons. The average Bonchev–Trinajstić information content (AvgIpc) is 2.96. The number of carbonyl (C=O) groups excluding carboxylic acids is 4. The van der Waals surface area contributed by atoms with E-state index in [0.29, 0.717) is 19.4 Å². The van der Waals surface area contributed by atoms with Gasteiger partial charge in [-0.05, 0) is 42.5 Å². The van der Waals surface area contributed by atoms with Gasteiger partial charge >= 0.3 is 12.0 Å². The standard InChI is InChI=1S/C30H33FN4O5/c1-40-29(38)25(34-27(37)20-26(36)33-24-17-9-8-16-23(24)31)18-10-11-19-32-30(39)35-28(21-12-4-2-5-13-21)22-14-6-3-7-15-22/h2-9,12-17,25,28H,10-11,18-20H2,1H3,(H,33,36)(H,34,37)(H2,32,35,39). The summed E-state index contributed by atoms with van der Waals surface area (Å²) in [6, 6.07) is 23.2. The van der Waals surface area contributed by atoms with Gasteiger partial charge in [-0.25, -0.2) is 14.0 Å². The van der Waals surface area contributed by atoms with Crippen LogP contribution >= 0.6 is 0 Å². The highest BCUT2D eigenvalue weighted by Crippen LogP contribution is 2.21.